The molecule has 1 aromatic carbocycles. The molecule has 0 aromatic heterocycles. The lowest BCUT2D eigenvalue weighted by Gasteiger charge is -2.31. The lowest BCUT2D eigenvalue weighted by Crippen LogP contribution is -2.40. The van der Waals surface area contributed by atoms with E-state index < -0.39 is 0 Å². The van der Waals surface area contributed by atoms with Gasteiger partial charge in [-0.05, 0) is 30.5 Å². The van der Waals surface area contributed by atoms with Gasteiger partial charge < -0.3 is 11.5 Å². The molecule has 2 rings (SSSR count). The minimum absolute atomic E-state index is 0.00351. The summed E-state index contributed by atoms with van der Waals surface area (Å²) >= 11 is 0. The number of carbonyl (C=O) groups excluding carboxylic acids is 1. The Kier molecular flexibility index (Phi) is 4.33. The fraction of sp³-hybridized carbons (Fsp3) is 0.500. The molecule has 0 saturated carbocycles. The number of hydrogen-bond acceptors (Lipinski definition) is 3. The number of likely N-dealkylation sites (tertiary alicyclic amines) is 1. The maximum Gasteiger partial charge on any atom is 0.221 e. The van der Waals surface area contributed by atoms with Crippen LogP contribution in [-0.2, 0) is 17.9 Å². The smallest absolute Gasteiger partial charge is 0.221 e. The zero-order chi connectivity index (χ0) is 13.0. The molecule has 0 bridgehead atoms. The Hall–Kier alpha value is -1.39. The second-order valence-corrected chi connectivity index (χ2v) is 4.95. The van der Waals surface area contributed by atoms with Gasteiger partial charge in [0.1, 0.15) is 0 Å². The van der Waals surface area contributed by atoms with Crippen LogP contribution in [0.5, 0.6) is 0 Å². The van der Waals surface area contributed by atoms with E-state index in [0.717, 1.165) is 32.5 Å². The average Bonchev–Trinajstić information content (AvgIpc) is 2.39. The highest BCUT2D eigenvalue weighted by Gasteiger charge is 2.24. The predicted molar refractivity (Wildman–Crippen MR) is 71.5 cm³/mol. The van der Waals surface area contributed by atoms with Crippen LogP contribution in [-0.4, -0.2) is 23.9 Å². The van der Waals surface area contributed by atoms with E-state index in [0.29, 0.717) is 6.54 Å². The van der Waals surface area contributed by atoms with Gasteiger partial charge in [-0.15, -0.1) is 0 Å². The first-order valence-corrected chi connectivity index (χ1v) is 6.49. The molecule has 0 aliphatic carbocycles. The molecule has 1 amide bonds. The summed E-state index contributed by atoms with van der Waals surface area (Å²) in [5, 5.41) is 0. The molecular weight excluding hydrogens is 226 g/mol. The van der Waals surface area contributed by atoms with Gasteiger partial charge in [-0.1, -0.05) is 24.3 Å². The molecule has 18 heavy (non-hydrogen) atoms. The van der Waals surface area contributed by atoms with Crippen molar-refractivity contribution < 1.29 is 4.79 Å². The van der Waals surface area contributed by atoms with Crippen molar-refractivity contribution >= 4 is 5.91 Å². The van der Waals surface area contributed by atoms with E-state index in [-0.39, 0.29) is 11.8 Å². The Morgan fingerprint density at radius 2 is 2.06 bits per heavy atom. The van der Waals surface area contributed by atoms with Gasteiger partial charge in [0.05, 0.1) is 5.92 Å². The summed E-state index contributed by atoms with van der Waals surface area (Å²) in [6.07, 6.45) is 1.96. The second kappa shape index (κ2) is 5.98. The molecule has 1 fully saturated rings. The van der Waals surface area contributed by atoms with E-state index in [2.05, 4.69) is 17.0 Å². The summed E-state index contributed by atoms with van der Waals surface area (Å²) in [5.74, 6) is -0.171. The fourth-order valence-electron chi connectivity index (χ4n) is 2.58. The topological polar surface area (TPSA) is 72.3 Å². The van der Waals surface area contributed by atoms with Crippen LogP contribution in [0, 0.1) is 5.92 Å². The van der Waals surface area contributed by atoms with E-state index in [9.17, 15) is 4.79 Å². The highest BCUT2D eigenvalue weighted by Crippen LogP contribution is 2.19. The monoisotopic (exact) mass is 247 g/mol. The van der Waals surface area contributed by atoms with E-state index >= 15 is 0 Å². The van der Waals surface area contributed by atoms with Crippen LogP contribution in [0.25, 0.3) is 0 Å². The zero-order valence-electron chi connectivity index (χ0n) is 10.6. The van der Waals surface area contributed by atoms with Crippen LogP contribution < -0.4 is 11.5 Å². The standard InChI is InChI=1S/C14H21N3O/c15-8-11-4-1-2-5-12(11)9-17-7-3-6-13(10-17)14(16)18/h1-2,4-5,13H,3,6-10,15H2,(H2,16,18). The SMILES string of the molecule is NCc1ccccc1CN1CCCC(C(N)=O)C1. The van der Waals surface area contributed by atoms with Crippen molar-refractivity contribution in [3.63, 3.8) is 0 Å². The summed E-state index contributed by atoms with van der Waals surface area (Å²) in [5.41, 5.74) is 13.6. The minimum Gasteiger partial charge on any atom is -0.369 e. The van der Waals surface area contributed by atoms with Crippen molar-refractivity contribution in [1.29, 1.82) is 0 Å². The van der Waals surface area contributed by atoms with Crippen molar-refractivity contribution in [1.82, 2.24) is 4.90 Å². The van der Waals surface area contributed by atoms with Crippen molar-refractivity contribution in [3.05, 3.63) is 35.4 Å². The van der Waals surface area contributed by atoms with Gasteiger partial charge in [-0.3, -0.25) is 9.69 Å². The molecule has 1 aromatic rings. The number of primary amides is 1. The van der Waals surface area contributed by atoms with Crippen molar-refractivity contribution in [2.45, 2.75) is 25.9 Å². The molecule has 0 radical (unpaired) electrons. The quantitative estimate of drug-likeness (QED) is 0.828. The Morgan fingerprint density at radius 1 is 1.33 bits per heavy atom. The zero-order valence-corrected chi connectivity index (χ0v) is 10.6. The van der Waals surface area contributed by atoms with E-state index in [4.69, 9.17) is 11.5 Å². The van der Waals surface area contributed by atoms with Gasteiger partial charge in [0.2, 0.25) is 5.91 Å². The number of nitrogens with two attached hydrogens (primary N) is 2. The number of amides is 1. The third-order valence-corrected chi connectivity index (χ3v) is 3.64. The molecule has 4 nitrogen and oxygen atoms in total. The first-order chi connectivity index (χ1) is 8.70. The van der Waals surface area contributed by atoms with Crippen molar-refractivity contribution in [2.75, 3.05) is 13.1 Å². The fourth-order valence-corrected chi connectivity index (χ4v) is 2.58. The van der Waals surface area contributed by atoms with Crippen LogP contribution in [0.15, 0.2) is 24.3 Å². The minimum atomic E-state index is -0.174. The van der Waals surface area contributed by atoms with E-state index in [1.807, 2.05) is 12.1 Å². The number of benzene rings is 1. The van der Waals surface area contributed by atoms with Crippen LogP contribution in [0.1, 0.15) is 24.0 Å². The molecule has 1 saturated heterocycles. The predicted octanol–water partition coefficient (Wildman–Crippen LogP) is 0.843. The summed E-state index contributed by atoms with van der Waals surface area (Å²) in [6.45, 7) is 3.22. The molecule has 4 N–H and O–H groups in total. The molecule has 4 heteroatoms. The molecule has 1 aliphatic heterocycles. The maximum atomic E-state index is 11.3. The Labute approximate surface area is 108 Å². The normalized spacial score (nSPS) is 20.8. The molecule has 1 heterocycles. The van der Waals surface area contributed by atoms with Gasteiger partial charge in [0.15, 0.2) is 0 Å². The Morgan fingerprint density at radius 3 is 2.72 bits per heavy atom. The largest absolute Gasteiger partial charge is 0.369 e. The van der Waals surface area contributed by atoms with E-state index in [1.54, 1.807) is 0 Å². The average molecular weight is 247 g/mol. The summed E-state index contributed by atoms with van der Waals surface area (Å²) < 4.78 is 0. The number of rotatable bonds is 4. The molecular formula is C14H21N3O. The highest BCUT2D eigenvalue weighted by molar-refractivity contribution is 5.76. The van der Waals surface area contributed by atoms with Crippen LogP contribution in [0.2, 0.25) is 0 Å². The van der Waals surface area contributed by atoms with Gasteiger partial charge >= 0.3 is 0 Å². The molecule has 1 aliphatic rings. The van der Waals surface area contributed by atoms with Gasteiger partial charge in [-0.2, -0.15) is 0 Å². The van der Waals surface area contributed by atoms with Crippen LogP contribution >= 0.6 is 0 Å². The Bertz CT molecular complexity index is 419. The van der Waals surface area contributed by atoms with Gasteiger partial charge in [-0.25, -0.2) is 0 Å². The van der Waals surface area contributed by atoms with Crippen molar-refractivity contribution in [2.24, 2.45) is 17.4 Å². The number of carbonyl (C=O) groups is 1. The number of nitrogens with zero attached hydrogens (tertiary/aromatic N) is 1. The maximum absolute atomic E-state index is 11.3. The number of hydrogen-bond donors (Lipinski definition) is 2. The summed E-state index contributed by atoms with van der Waals surface area (Å²) in [4.78, 5) is 13.6. The second-order valence-electron chi connectivity index (χ2n) is 4.95. The van der Waals surface area contributed by atoms with E-state index in [1.165, 1.54) is 11.1 Å². The van der Waals surface area contributed by atoms with Crippen LogP contribution in [0.3, 0.4) is 0 Å². The summed E-state index contributed by atoms with van der Waals surface area (Å²) in [6, 6.07) is 8.21. The lowest BCUT2D eigenvalue weighted by atomic mass is 9.96. The molecule has 0 spiro atoms. The molecule has 1 atom stereocenters. The lowest BCUT2D eigenvalue weighted by molar-refractivity contribution is -0.123. The summed E-state index contributed by atoms with van der Waals surface area (Å²) in [7, 11) is 0. The number of piperidine rings is 1. The molecule has 1 unspecified atom stereocenters. The first kappa shape index (κ1) is 13.1. The third kappa shape index (κ3) is 3.09. The van der Waals surface area contributed by atoms with Gasteiger partial charge in [0, 0.05) is 19.6 Å². The highest BCUT2D eigenvalue weighted by atomic mass is 16.1. The molecule has 98 valence electrons. The first-order valence-electron chi connectivity index (χ1n) is 6.49. The Balaban J connectivity index is 2.02. The van der Waals surface area contributed by atoms with Crippen LogP contribution in [0.4, 0.5) is 0 Å². The van der Waals surface area contributed by atoms with Crippen molar-refractivity contribution in [3.8, 4) is 0 Å². The third-order valence-electron chi connectivity index (χ3n) is 3.64. The van der Waals surface area contributed by atoms with Gasteiger partial charge in [0.25, 0.3) is 0 Å².